The molecule has 0 aliphatic rings. The molecule has 5 nitrogen and oxygen atoms in total. The zero-order valence-corrected chi connectivity index (χ0v) is 10.3. The molecule has 0 radical (unpaired) electrons. The molecular weight excluding hydrogens is 242 g/mol. The van der Waals surface area contributed by atoms with Crippen molar-refractivity contribution >= 4 is 16.9 Å². The normalized spacial score (nSPS) is 10.6. The summed E-state index contributed by atoms with van der Waals surface area (Å²) in [5, 5.41) is 1.05. The summed E-state index contributed by atoms with van der Waals surface area (Å²) in [6.45, 7) is 0. The zero-order valence-electron chi connectivity index (χ0n) is 10.3. The highest BCUT2D eigenvalue weighted by Crippen LogP contribution is 2.20. The van der Waals surface area contributed by atoms with Crippen molar-refractivity contribution in [1.29, 1.82) is 0 Å². The first-order valence-corrected chi connectivity index (χ1v) is 5.76. The van der Waals surface area contributed by atoms with Gasteiger partial charge in [-0.1, -0.05) is 0 Å². The molecule has 0 aliphatic heterocycles. The highest BCUT2D eigenvalue weighted by atomic mass is 16.5. The maximum Gasteiger partial charge on any atom is 0.337 e. The number of hydrogen-bond acceptors (Lipinski definition) is 4. The van der Waals surface area contributed by atoms with Gasteiger partial charge in [0.25, 0.3) is 0 Å². The van der Waals surface area contributed by atoms with Crippen molar-refractivity contribution < 1.29 is 9.53 Å². The van der Waals surface area contributed by atoms with Crippen LogP contribution in [-0.2, 0) is 4.74 Å². The molecule has 94 valence electrons. The molecule has 3 rings (SSSR count). The van der Waals surface area contributed by atoms with Gasteiger partial charge in [-0.3, -0.25) is 9.97 Å². The molecule has 0 spiro atoms. The predicted octanol–water partition coefficient (Wildman–Crippen LogP) is 2.41. The molecule has 0 amide bonds. The number of nitrogens with one attached hydrogen (secondary N) is 1. The third-order valence-corrected chi connectivity index (χ3v) is 2.88. The molecule has 0 atom stereocenters. The molecule has 0 saturated heterocycles. The first-order chi connectivity index (χ1) is 9.28. The number of carbonyl (C=O) groups excluding carboxylic acids is 1. The van der Waals surface area contributed by atoms with Gasteiger partial charge in [0.15, 0.2) is 0 Å². The summed E-state index contributed by atoms with van der Waals surface area (Å²) in [4.78, 5) is 23.1. The lowest BCUT2D eigenvalue weighted by molar-refractivity contribution is 0.0600. The first kappa shape index (κ1) is 11.4. The second-order valence-corrected chi connectivity index (χ2v) is 4.06. The van der Waals surface area contributed by atoms with Crippen molar-refractivity contribution in [2.75, 3.05) is 7.11 Å². The highest BCUT2D eigenvalue weighted by molar-refractivity contribution is 5.90. The Morgan fingerprint density at radius 1 is 1.21 bits per heavy atom. The number of methoxy groups -OCH3 is 1. The fraction of sp³-hybridized carbons (Fsp3) is 0.0714. The van der Waals surface area contributed by atoms with E-state index in [1.54, 1.807) is 24.5 Å². The van der Waals surface area contributed by atoms with E-state index in [-0.39, 0.29) is 5.97 Å². The molecule has 1 N–H and O–H groups in total. The number of H-pyrrole nitrogens is 1. The first-order valence-electron chi connectivity index (χ1n) is 5.76. The molecule has 0 unspecified atom stereocenters. The van der Waals surface area contributed by atoms with Crippen molar-refractivity contribution in [3.05, 3.63) is 48.4 Å². The van der Waals surface area contributed by atoms with E-state index in [9.17, 15) is 4.79 Å². The van der Waals surface area contributed by atoms with Crippen molar-refractivity contribution in [1.82, 2.24) is 15.0 Å². The maximum absolute atomic E-state index is 11.5. The van der Waals surface area contributed by atoms with Crippen LogP contribution in [0.2, 0.25) is 0 Å². The second-order valence-electron chi connectivity index (χ2n) is 4.06. The minimum atomic E-state index is -0.383. The molecule has 3 aromatic heterocycles. The lowest BCUT2D eigenvalue weighted by Crippen LogP contribution is -2.01. The Morgan fingerprint density at radius 3 is 2.89 bits per heavy atom. The van der Waals surface area contributed by atoms with Crippen molar-refractivity contribution in [2.24, 2.45) is 0 Å². The summed E-state index contributed by atoms with van der Waals surface area (Å²) in [5.41, 5.74) is 2.79. The van der Waals surface area contributed by atoms with E-state index in [1.807, 2.05) is 18.3 Å². The molecular formula is C14H11N3O2. The van der Waals surface area contributed by atoms with Gasteiger partial charge in [0, 0.05) is 17.8 Å². The Morgan fingerprint density at radius 2 is 2.05 bits per heavy atom. The second kappa shape index (κ2) is 4.53. The number of esters is 1. The molecule has 0 fully saturated rings. The quantitative estimate of drug-likeness (QED) is 0.712. The number of aromatic amines is 1. The highest BCUT2D eigenvalue weighted by Gasteiger charge is 2.09. The Bertz CT molecular complexity index is 749. The molecule has 0 aliphatic carbocycles. The van der Waals surface area contributed by atoms with Crippen molar-refractivity contribution in [3.8, 4) is 11.4 Å². The van der Waals surface area contributed by atoms with E-state index in [1.165, 1.54) is 7.11 Å². The molecule has 0 aromatic carbocycles. The van der Waals surface area contributed by atoms with Gasteiger partial charge in [0.2, 0.25) is 0 Å². The number of nitrogens with zero attached hydrogens (tertiary/aromatic N) is 2. The Labute approximate surface area is 109 Å². The van der Waals surface area contributed by atoms with Crippen LogP contribution in [0.4, 0.5) is 0 Å². The smallest absolute Gasteiger partial charge is 0.337 e. The Hall–Kier alpha value is -2.69. The van der Waals surface area contributed by atoms with Gasteiger partial charge in [-0.2, -0.15) is 0 Å². The summed E-state index contributed by atoms with van der Waals surface area (Å²) in [6, 6.07) is 7.18. The van der Waals surface area contributed by atoms with Crippen LogP contribution in [0.15, 0.2) is 42.9 Å². The Balaban J connectivity index is 2.07. The van der Waals surface area contributed by atoms with Crippen LogP contribution >= 0.6 is 0 Å². The molecule has 3 heterocycles. The summed E-state index contributed by atoms with van der Waals surface area (Å²) in [7, 11) is 1.35. The molecule has 3 aromatic rings. The van der Waals surface area contributed by atoms with Gasteiger partial charge in [0.05, 0.1) is 35.8 Å². The summed E-state index contributed by atoms with van der Waals surface area (Å²) in [5.74, 6) is -0.383. The zero-order chi connectivity index (χ0) is 13.2. The van der Waals surface area contributed by atoms with Gasteiger partial charge < -0.3 is 9.72 Å². The number of fused-ring (bicyclic) bond motifs is 1. The maximum atomic E-state index is 11.5. The average Bonchev–Trinajstić information content (AvgIpc) is 2.94. The van der Waals surface area contributed by atoms with Gasteiger partial charge in [-0.15, -0.1) is 0 Å². The fourth-order valence-corrected chi connectivity index (χ4v) is 1.91. The van der Waals surface area contributed by atoms with Crippen LogP contribution < -0.4 is 0 Å². The average molecular weight is 253 g/mol. The SMILES string of the molecule is COC(=O)c1ccnc(-c2cc3cc[nH]c3cn2)c1. The number of hydrogen-bond donors (Lipinski definition) is 1. The molecule has 5 heteroatoms. The van der Waals surface area contributed by atoms with E-state index >= 15 is 0 Å². The Kier molecular flexibility index (Phi) is 2.72. The van der Waals surface area contributed by atoms with Crippen LogP contribution in [0, 0.1) is 0 Å². The van der Waals surface area contributed by atoms with E-state index in [0.717, 1.165) is 16.6 Å². The van der Waals surface area contributed by atoms with Crippen LogP contribution in [0.1, 0.15) is 10.4 Å². The van der Waals surface area contributed by atoms with Gasteiger partial charge in [0.1, 0.15) is 0 Å². The molecule has 19 heavy (non-hydrogen) atoms. The van der Waals surface area contributed by atoms with Crippen LogP contribution in [0.5, 0.6) is 0 Å². The monoisotopic (exact) mass is 253 g/mol. The predicted molar refractivity (Wildman–Crippen MR) is 70.7 cm³/mol. The minimum Gasteiger partial charge on any atom is -0.465 e. The van der Waals surface area contributed by atoms with Crippen LogP contribution in [0.3, 0.4) is 0 Å². The van der Waals surface area contributed by atoms with E-state index < -0.39 is 0 Å². The molecule has 0 saturated carbocycles. The van der Waals surface area contributed by atoms with E-state index in [0.29, 0.717) is 11.3 Å². The lowest BCUT2D eigenvalue weighted by atomic mass is 10.1. The van der Waals surface area contributed by atoms with Crippen molar-refractivity contribution in [2.45, 2.75) is 0 Å². The largest absolute Gasteiger partial charge is 0.465 e. The number of pyridine rings is 2. The number of rotatable bonds is 2. The fourth-order valence-electron chi connectivity index (χ4n) is 1.91. The summed E-state index contributed by atoms with van der Waals surface area (Å²) >= 11 is 0. The van der Waals surface area contributed by atoms with Crippen LogP contribution in [-0.4, -0.2) is 28.0 Å². The van der Waals surface area contributed by atoms with E-state index in [2.05, 4.69) is 15.0 Å². The van der Waals surface area contributed by atoms with Crippen molar-refractivity contribution in [3.63, 3.8) is 0 Å². The summed E-state index contributed by atoms with van der Waals surface area (Å²) in [6.07, 6.45) is 5.18. The van der Waals surface area contributed by atoms with Gasteiger partial charge in [-0.05, 0) is 24.3 Å². The minimum absolute atomic E-state index is 0.383. The number of aromatic nitrogens is 3. The number of ether oxygens (including phenoxy) is 1. The van der Waals surface area contributed by atoms with Crippen LogP contribution in [0.25, 0.3) is 22.3 Å². The lowest BCUT2D eigenvalue weighted by Gasteiger charge is -2.03. The van der Waals surface area contributed by atoms with Gasteiger partial charge in [-0.25, -0.2) is 4.79 Å². The summed E-state index contributed by atoms with van der Waals surface area (Å²) < 4.78 is 4.69. The standard InChI is InChI=1S/C14H11N3O2/c1-19-14(18)10-3-5-15-11(7-10)12-6-9-2-4-16-13(9)8-17-12/h2-8,16H,1H3. The topological polar surface area (TPSA) is 67.9 Å². The third-order valence-electron chi connectivity index (χ3n) is 2.88. The number of carbonyl (C=O) groups is 1. The van der Waals surface area contributed by atoms with E-state index in [4.69, 9.17) is 4.74 Å². The molecule has 0 bridgehead atoms. The third kappa shape index (κ3) is 2.06. The van der Waals surface area contributed by atoms with Gasteiger partial charge >= 0.3 is 5.97 Å².